The molecule has 0 atom stereocenters. The van der Waals surface area contributed by atoms with E-state index in [0.29, 0.717) is 37.8 Å². The van der Waals surface area contributed by atoms with Crippen LogP contribution in [-0.2, 0) is 0 Å². The molecule has 8 heteroatoms. The van der Waals surface area contributed by atoms with Crippen molar-refractivity contribution in [2.24, 2.45) is 5.11 Å². The van der Waals surface area contributed by atoms with Gasteiger partial charge in [-0.05, 0) is 43.3 Å². The van der Waals surface area contributed by atoms with Gasteiger partial charge in [0.2, 0.25) is 0 Å². The van der Waals surface area contributed by atoms with Crippen molar-refractivity contribution >= 4 is 5.91 Å². The molecule has 0 saturated heterocycles. The third-order valence-corrected chi connectivity index (χ3v) is 3.49. The average Bonchev–Trinajstić information content (AvgIpc) is 2.46. The first-order valence-corrected chi connectivity index (χ1v) is 6.51. The molecule has 1 aliphatic carbocycles. The SMILES string of the molecule is [N-]=[N+]=NC1CCC(NC(=O)c2cc(F)c(F)c(F)c2)CC1. The molecule has 2 rings (SSSR count). The molecule has 1 aromatic carbocycles. The maximum Gasteiger partial charge on any atom is 0.251 e. The summed E-state index contributed by atoms with van der Waals surface area (Å²) in [6.45, 7) is 0. The fraction of sp³-hybridized carbons (Fsp3) is 0.462. The van der Waals surface area contributed by atoms with E-state index in [0.717, 1.165) is 0 Å². The van der Waals surface area contributed by atoms with E-state index in [-0.39, 0.29) is 17.6 Å². The molecule has 112 valence electrons. The Hall–Kier alpha value is -2.21. The summed E-state index contributed by atoms with van der Waals surface area (Å²) < 4.78 is 39.0. The Morgan fingerprint density at radius 3 is 2.29 bits per heavy atom. The lowest BCUT2D eigenvalue weighted by atomic mass is 9.91. The molecule has 0 aliphatic heterocycles. The van der Waals surface area contributed by atoms with Crippen LogP contribution in [0, 0.1) is 17.5 Å². The largest absolute Gasteiger partial charge is 0.349 e. The minimum absolute atomic E-state index is 0.0798. The van der Waals surface area contributed by atoms with Crippen LogP contribution in [0.3, 0.4) is 0 Å². The Bertz CT molecular complexity index is 570. The van der Waals surface area contributed by atoms with E-state index in [2.05, 4.69) is 15.3 Å². The monoisotopic (exact) mass is 298 g/mol. The van der Waals surface area contributed by atoms with Gasteiger partial charge in [0.1, 0.15) is 0 Å². The second-order valence-electron chi connectivity index (χ2n) is 4.94. The standard InChI is InChI=1S/C13H13F3N4O/c14-10-5-7(6-11(15)12(10)16)13(21)18-8-1-3-9(4-2-8)19-20-17/h5-6,8-9H,1-4H2,(H,18,21). The number of carbonyl (C=O) groups is 1. The number of amides is 1. The second-order valence-corrected chi connectivity index (χ2v) is 4.94. The zero-order valence-electron chi connectivity index (χ0n) is 11.0. The quantitative estimate of drug-likeness (QED) is 0.394. The maximum atomic E-state index is 13.1. The number of carbonyl (C=O) groups excluding carboxylic acids is 1. The van der Waals surface area contributed by atoms with Gasteiger partial charge in [-0.25, -0.2) is 13.2 Å². The highest BCUT2D eigenvalue weighted by molar-refractivity contribution is 5.94. The molecule has 1 saturated carbocycles. The van der Waals surface area contributed by atoms with Crippen molar-refractivity contribution in [2.45, 2.75) is 37.8 Å². The van der Waals surface area contributed by atoms with Crippen LogP contribution in [0.4, 0.5) is 13.2 Å². The zero-order valence-corrected chi connectivity index (χ0v) is 11.0. The van der Waals surface area contributed by atoms with E-state index in [9.17, 15) is 18.0 Å². The molecule has 1 aromatic rings. The average molecular weight is 298 g/mol. The van der Waals surface area contributed by atoms with Crippen LogP contribution in [0.15, 0.2) is 17.2 Å². The van der Waals surface area contributed by atoms with Crippen molar-refractivity contribution in [2.75, 3.05) is 0 Å². The van der Waals surface area contributed by atoms with Gasteiger partial charge in [0, 0.05) is 22.6 Å². The van der Waals surface area contributed by atoms with Crippen LogP contribution in [0.1, 0.15) is 36.0 Å². The number of benzene rings is 1. The van der Waals surface area contributed by atoms with Gasteiger partial charge in [0.05, 0.1) is 0 Å². The van der Waals surface area contributed by atoms with Crippen molar-refractivity contribution in [1.82, 2.24) is 5.32 Å². The molecule has 0 radical (unpaired) electrons. The van der Waals surface area contributed by atoms with Gasteiger partial charge >= 0.3 is 0 Å². The molecule has 0 heterocycles. The zero-order chi connectivity index (χ0) is 15.4. The highest BCUT2D eigenvalue weighted by Gasteiger charge is 2.23. The number of hydrogen-bond acceptors (Lipinski definition) is 2. The van der Waals surface area contributed by atoms with E-state index >= 15 is 0 Å². The molecule has 1 N–H and O–H groups in total. The van der Waals surface area contributed by atoms with Crippen LogP contribution < -0.4 is 5.32 Å². The Morgan fingerprint density at radius 2 is 1.76 bits per heavy atom. The van der Waals surface area contributed by atoms with E-state index in [1.54, 1.807) is 0 Å². The molecular formula is C13H13F3N4O. The lowest BCUT2D eigenvalue weighted by Crippen LogP contribution is -2.38. The van der Waals surface area contributed by atoms with Gasteiger partial charge < -0.3 is 5.32 Å². The lowest BCUT2D eigenvalue weighted by molar-refractivity contribution is 0.0924. The molecule has 1 aliphatic rings. The summed E-state index contributed by atoms with van der Waals surface area (Å²) in [5.74, 6) is -5.04. The van der Waals surface area contributed by atoms with Crippen LogP contribution in [0.2, 0.25) is 0 Å². The number of rotatable bonds is 3. The van der Waals surface area contributed by atoms with Gasteiger partial charge in [-0.1, -0.05) is 5.11 Å². The van der Waals surface area contributed by atoms with Crippen LogP contribution in [0.25, 0.3) is 10.4 Å². The number of nitrogens with one attached hydrogen (secondary N) is 1. The predicted molar refractivity (Wildman–Crippen MR) is 69.0 cm³/mol. The summed E-state index contributed by atoms with van der Waals surface area (Å²) in [6, 6.07) is 1.10. The minimum Gasteiger partial charge on any atom is -0.349 e. The molecule has 1 fully saturated rings. The summed E-state index contributed by atoms with van der Waals surface area (Å²) in [5, 5.41) is 6.26. The summed E-state index contributed by atoms with van der Waals surface area (Å²) in [6.07, 6.45) is 2.51. The second kappa shape index (κ2) is 6.49. The summed E-state index contributed by atoms with van der Waals surface area (Å²) >= 11 is 0. The van der Waals surface area contributed by atoms with Crippen molar-refractivity contribution in [3.8, 4) is 0 Å². The first-order valence-electron chi connectivity index (χ1n) is 6.51. The Labute approximate surface area is 118 Å². The Morgan fingerprint density at radius 1 is 1.19 bits per heavy atom. The van der Waals surface area contributed by atoms with E-state index in [1.807, 2.05) is 0 Å². The third-order valence-electron chi connectivity index (χ3n) is 3.49. The smallest absolute Gasteiger partial charge is 0.251 e. The Balaban J connectivity index is 1.98. The topological polar surface area (TPSA) is 77.9 Å². The maximum absolute atomic E-state index is 13.1. The van der Waals surface area contributed by atoms with Gasteiger partial charge in [0.15, 0.2) is 17.5 Å². The molecule has 0 bridgehead atoms. The third kappa shape index (κ3) is 3.66. The highest BCUT2D eigenvalue weighted by Crippen LogP contribution is 2.22. The van der Waals surface area contributed by atoms with Crippen molar-refractivity contribution in [3.63, 3.8) is 0 Å². The fourth-order valence-corrected chi connectivity index (χ4v) is 2.36. The molecule has 0 spiro atoms. The first-order chi connectivity index (χ1) is 10.0. The lowest BCUT2D eigenvalue weighted by Gasteiger charge is -2.26. The molecule has 5 nitrogen and oxygen atoms in total. The summed E-state index contributed by atoms with van der Waals surface area (Å²) in [5.41, 5.74) is 8.08. The van der Waals surface area contributed by atoms with Crippen LogP contribution in [-0.4, -0.2) is 18.0 Å². The molecule has 0 aromatic heterocycles. The number of nitrogens with zero attached hydrogens (tertiary/aromatic N) is 3. The summed E-state index contributed by atoms with van der Waals surface area (Å²) in [7, 11) is 0. The van der Waals surface area contributed by atoms with Gasteiger partial charge in [-0.3, -0.25) is 4.79 Å². The van der Waals surface area contributed by atoms with E-state index in [1.165, 1.54) is 0 Å². The van der Waals surface area contributed by atoms with Crippen molar-refractivity contribution in [1.29, 1.82) is 0 Å². The van der Waals surface area contributed by atoms with Gasteiger partial charge in [0.25, 0.3) is 5.91 Å². The highest BCUT2D eigenvalue weighted by atomic mass is 19.2. The number of azide groups is 1. The predicted octanol–water partition coefficient (Wildman–Crippen LogP) is 3.46. The summed E-state index contributed by atoms with van der Waals surface area (Å²) in [4.78, 5) is 14.6. The van der Waals surface area contributed by atoms with Gasteiger partial charge in [-0.15, -0.1) is 0 Å². The number of halogens is 3. The number of hydrogen-bond donors (Lipinski definition) is 1. The van der Waals surface area contributed by atoms with Crippen LogP contribution >= 0.6 is 0 Å². The normalized spacial score (nSPS) is 21.5. The van der Waals surface area contributed by atoms with Crippen molar-refractivity contribution < 1.29 is 18.0 Å². The molecule has 0 unspecified atom stereocenters. The fourth-order valence-electron chi connectivity index (χ4n) is 2.36. The molecule has 1 amide bonds. The van der Waals surface area contributed by atoms with Crippen LogP contribution in [0.5, 0.6) is 0 Å². The van der Waals surface area contributed by atoms with E-state index in [4.69, 9.17) is 5.53 Å². The van der Waals surface area contributed by atoms with Crippen molar-refractivity contribution in [3.05, 3.63) is 45.6 Å². The molecule has 21 heavy (non-hydrogen) atoms. The minimum atomic E-state index is -1.60. The first kappa shape index (κ1) is 15.2. The van der Waals surface area contributed by atoms with Gasteiger partial charge in [-0.2, -0.15) is 0 Å². The molecular weight excluding hydrogens is 285 g/mol. The van der Waals surface area contributed by atoms with E-state index < -0.39 is 23.4 Å². The Kier molecular flexibility index (Phi) is 4.70.